The molecule has 1 N–H and O–H groups in total. The first-order valence-corrected chi connectivity index (χ1v) is 10.0. The topological polar surface area (TPSA) is 88.9 Å². The van der Waals surface area contributed by atoms with Crippen LogP contribution in [0.15, 0.2) is 40.8 Å². The van der Waals surface area contributed by atoms with E-state index in [1.54, 1.807) is 25.1 Å². The second-order valence-corrected chi connectivity index (χ2v) is 7.77. The Morgan fingerprint density at radius 1 is 1.10 bits per heavy atom. The third-order valence-corrected chi connectivity index (χ3v) is 5.20. The van der Waals surface area contributed by atoms with Crippen molar-refractivity contribution in [2.45, 2.75) is 20.8 Å². The van der Waals surface area contributed by atoms with Crippen LogP contribution >= 0.6 is 11.6 Å². The van der Waals surface area contributed by atoms with Crippen LogP contribution in [0.2, 0.25) is 5.02 Å². The van der Waals surface area contributed by atoms with Gasteiger partial charge >= 0.3 is 5.97 Å². The minimum atomic E-state index is -0.758. The summed E-state index contributed by atoms with van der Waals surface area (Å²) >= 11 is 5.99. The highest BCUT2D eigenvalue weighted by molar-refractivity contribution is 6.31. The number of hydrogen-bond donors (Lipinski definition) is 1. The van der Waals surface area contributed by atoms with Crippen molar-refractivity contribution in [3.63, 3.8) is 0 Å². The Bertz CT molecular complexity index is 1150. The van der Waals surface area contributed by atoms with Gasteiger partial charge in [0.15, 0.2) is 6.61 Å². The van der Waals surface area contributed by atoms with Gasteiger partial charge in [-0.15, -0.1) is 0 Å². The number of nitrogens with zero attached hydrogens (tertiary/aromatic N) is 1. The van der Waals surface area contributed by atoms with Gasteiger partial charge in [0, 0.05) is 28.7 Å². The van der Waals surface area contributed by atoms with Gasteiger partial charge in [-0.2, -0.15) is 0 Å². The molecule has 1 heterocycles. The molecule has 0 atom stereocenters. The molecule has 0 saturated heterocycles. The number of halogens is 1. The smallest absolute Gasteiger partial charge is 0.375 e. The van der Waals surface area contributed by atoms with Crippen molar-refractivity contribution in [1.29, 1.82) is 0 Å². The van der Waals surface area contributed by atoms with Crippen molar-refractivity contribution in [2.75, 3.05) is 25.5 Å². The molecule has 3 aromatic rings. The summed E-state index contributed by atoms with van der Waals surface area (Å²) in [5.41, 5.74) is 3.66. The second kappa shape index (κ2) is 9.22. The summed E-state index contributed by atoms with van der Waals surface area (Å²) in [4.78, 5) is 38.2. The highest BCUT2D eigenvalue weighted by atomic mass is 35.5. The van der Waals surface area contributed by atoms with Crippen molar-refractivity contribution < 1.29 is 23.5 Å². The number of ether oxygens (including phenoxy) is 1. The molecule has 0 unspecified atom stereocenters. The van der Waals surface area contributed by atoms with Crippen LogP contribution in [0.5, 0.6) is 0 Å². The molecule has 2 amide bonds. The zero-order chi connectivity index (χ0) is 22.7. The predicted molar refractivity (Wildman–Crippen MR) is 118 cm³/mol. The highest BCUT2D eigenvalue weighted by Crippen LogP contribution is 2.28. The maximum Gasteiger partial charge on any atom is 0.375 e. The minimum absolute atomic E-state index is 0.0143. The third kappa shape index (κ3) is 5.06. The first kappa shape index (κ1) is 22.4. The number of aryl methyl sites for hydroxylation is 3. The number of furan rings is 1. The van der Waals surface area contributed by atoms with Gasteiger partial charge in [-0.1, -0.05) is 29.8 Å². The van der Waals surface area contributed by atoms with Gasteiger partial charge in [0.1, 0.15) is 5.58 Å². The molecule has 0 radical (unpaired) electrons. The molecule has 1 aromatic heterocycles. The number of carbonyl (C=O) groups excluding carboxylic acids is 3. The van der Waals surface area contributed by atoms with Crippen molar-refractivity contribution in [3.8, 4) is 0 Å². The number of hydrogen-bond acceptors (Lipinski definition) is 5. The first-order chi connectivity index (χ1) is 14.7. The molecule has 0 aliphatic heterocycles. The lowest BCUT2D eigenvalue weighted by molar-refractivity contribution is -0.136. The second-order valence-electron chi connectivity index (χ2n) is 7.34. The number of rotatable bonds is 6. The lowest BCUT2D eigenvalue weighted by Gasteiger charge is -2.18. The summed E-state index contributed by atoms with van der Waals surface area (Å²) in [6, 6.07) is 10.7. The Morgan fingerprint density at radius 2 is 1.77 bits per heavy atom. The molecule has 7 nitrogen and oxygen atoms in total. The highest BCUT2D eigenvalue weighted by Gasteiger charge is 2.22. The van der Waals surface area contributed by atoms with Gasteiger partial charge in [0.25, 0.3) is 5.91 Å². The number of carbonyl (C=O) groups is 3. The third-order valence-electron chi connectivity index (χ3n) is 4.96. The number of likely N-dealkylation sites (N-methyl/N-ethyl adjacent to an activating group) is 1. The van der Waals surface area contributed by atoms with Crippen LogP contribution < -0.4 is 5.32 Å². The fourth-order valence-electron chi connectivity index (χ4n) is 3.19. The fraction of sp³-hybridized carbons (Fsp3) is 0.261. The average molecular weight is 443 g/mol. The van der Waals surface area contributed by atoms with E-state index in [0.717, 1.165) is 16.8 Å². The number of anilines is 1. The molecular formula is C23H23ClN2O5. The maximum absolute atomic E-state index is 12.4. The van der Waals surface area contributed by atoms with Gasteiger partial charge in [-0.05, 0) is 50.1 Å². The summed E-state index contributed by atoms with van der Waals surface area (Å²) in [7, 11) is 1.47. The molecule has 0 aliphatic rings. The zero-order valence-electron chi connectivity index (χ0n) is 17.7. The van der Waals surface area contributed by atoms with E-state index in [-0.39, 0.29) is 18.2 Å². The van der Waals surface area contributed by atoms with Gasteiger partial charge in [-0.3, -0.25) is 9.59 Å². The van der Waals surface area contributed by atoms with Crippen LogP contribution in [0, 0.1) is 20.8 Å². The number of para-hydroxylation sites is 1. The van der Waals surface area contributed by atoms with E-state index >= 15 is 0 Å². The number of amides is 2. The molecule has 0 spiro atoms. The molecule has 31 heavy (non-hydrogen) atoms. The molecular weight excluding hydrogens is 420 g/mol. The lowest BCUT2D eigenvalue weighted by Crippen LogP contribution is -2.37. The molecule has 8 heteroatoms. The van der Waals surface area contributed by atoms with E-state index in [1.807, 2.05) is 32.0 Å². The summed E-state index contributed by atoms with van der Waals surface area (Å²) < 4.78 is 10.6. The van der Waals surface area contributed by atoms with Crippen LogP contribution in [0.25, 0.3) is 11.0 Å². The van der Waals surface area contributed by atoms with Crippen LogP contribution in [0.4, 0.5) is 5.69 Å². The molecule has 3 rings (SSSR count). The molecule has 0 saturated carbocycles. The van der Waals surface area contributed by atoms with Crippen LogP contribution in [-0.4, -0.2) is 42.9 Å². The van der Waals surface area contributed by atoms with Crippen molar-refractivity contribution in [2.24, 2.45) is 0 Å². The normalized spacial score (nSPS) is 10.7. The van der Waals surface area contributed by atoms with E-state index < -0.39 is 18.5 Å². The number of esters is 1. The Kier molecular flexibility index (Phi) is 6.65. The van der Waals surface area contributed by atoms with Crippen molar-refractivity contribution in [1.82, 2.24) is 4.90 Å². The van der Waals surface area contributed by atoms with E-state index in [2.05, 4.69) is 5.32 Å². The van der Waals surface area contributed by atoms with E-state index in [4.69, 9.17) is 20.8 Å². The quantitative estimate of drug-likeness (QED) is 0.576. The SMILES string of the molecule is Cc1cccc(C)c1NC(=O)CN(C)C(=O)COC(=O)c1oc2ccc(Cl)cc2c1C. The van der Waals surface area contributed by atoms with Crippen LogP contribution in [0.3, 0.4) is 0 Å². The number of benzene rings is 2. The maximum atomic E-state index is 12.4. The van der Waals surface area contributed by atoms with E-state index in [0.29, 0.717) is 21.6 Å². The fourth-order valence-corrected chi connectivity index (χ4v) is 3.36. The van der Waals surface area contributed by atoms with Gasteiger partial charge in [0.2, 0.25) is 11.7 Å². The Balaban J connectivity index is 1.57. The Hall–Kier alpha value is -3.32. The standard InChI is InChI=1S/C23H23ClN2O5/c1-13-6-5-7-14(2)21(13)25-19(27)11-26(4)20(28)12-30-23(29)22-15(3)17-10-16(24)8-9-18(17)31-22/h5-10H,11-12H2,1-4H3,(H,25,27). The predicted octanol–water partition coefficient (Wildman–Crippen LogP) is 4.27. The van der Waals surface area contributed by atoms with Crippen molar-refractivity contribution >= 4 is 46.0 Å². The summed E-state index contributed by atoms with van der Waals surface area (Å²) in [6.07, 6.45) is 0. The van der Waals surface area contributed by atoms with Gasteiger partial charge in [0.05, 0.1) is 6.54 Å². The molecule has 0 fully saturated rings. The largest absolute Gasteiger partial charge is 0.450 e. The first-order valence-electron chi connectivity index (χ1n) is 9.63. The molecule has 162 valence electrons. The minimum Gasteiger partial charge on any atom is -0.450 e. The Labute approximate surface area is 184 Å². The van der Waals surface area contributed by atoms with Crippen LogP contribution in [-0.2, 0) is 14.3 Å². The van der Waals surface area contributed by atoms with Crippen molar-refractivity contribution in [3.05, 3.63) is 63.9 Å². The molecule has 2 aromatic carbocycles. The summed E-state index contributed by atoms with van der Waals surface area (Å²) in [6.45, 7) is 4.82. The Morgan fingerprint density at radius 3 is 2.45 bits per heavy atom. The van der Waals surface area contributed by atoms with Gasteiger partial charge < -0.3 is 19.4 Å². The lowest BCUT2D eigenvalue weighted by atomic mass is 10.1. The van der Waals surface area contributed by atoms with E-state index in [1.165, 1.54) is 11.9 Å². The monoisotopic (exact) mass is 442 g/mol. The van der Waals surface area contributed by atoms with Crippen LogP contribution in [0.1, 0.15) is 27.2 Å². The van der Waals surface area contributed by atoms with Gasteiger partial charge in [-0.25, -0.2) is 4.79 Å². The number of nitrogens with one attached hydrogen (secondary N) is 1. The molecule has 0 aliphatic carbocycles. The summed E-state index contributed by atoms with van der Waals surface area (Å²) in [5.74, 6) is -1.60. The number of fused-ring (bicyclic) bond motifs is 1. The summed E-state index contributed by atoms with van der Waals surface area (Å²) in [5, 5.41) is 4.04. The van der Waals surface area contributed by atoms with E-state index in [9.17, 15) is 14.4 Å². The molecule has 0 bridgehead atoms. The average Bonchev–Trinajstić information content (AvgIpc) is 3.04. The zero-order valence-corrected chi connectivity index (χ0v) is 18.5.